The van der Waals surface area contributed by atoms with E-state index >= 15 is 0 Å². The van der Waals surface area contributed by atoms with Gasteiger partial charge in [0.25, 0.3) is 0 Å². The fourth-order valence-electron chi connectivity index (χ4n) is 3.16. The first-order chi connectivity index (χ1) is 9.18. The zero-order chi connectivity index (χ0) is 13.7. The molecule has 4 nitrogen and oxygen atoms in total. The van der Waals surface area contributed by atoms with Crippen LogP contribution in [0.15, 0.2) is 4.99 Å². The Morgan fingerprint density at radius 2 is 1.68 bits per heavy atom. The van der Waals surface area contributed by atoms with Crippen LogP contribution in [0.1, 0.15) is 58.3 Å². The van der Waals surface area contributed by atoms with E-state index in [1.54, 1.807) is 0 Å². The molecule has 1 aliphatic heterocycles. The highest BCUT2D eigenvalue weighted by molar-refractivity contribution is 5.88. The summed E-state index contributed by atoms with van der Waals surface area (Å²) in [6.07, 6.45) is 9.57. The Balaban J connectivity index is 1.90. The van der Waals surface area contributed by atoms with Gasteiger partial charge >= 0.3 is 0 Å². The molecule has 0 aromatic rings. The number of rotatable bonds is 3. The van der Waals surface area contributed by atoms with E-state index in [0.29, 0.717) is 11.8 Å². The third-order valence-corrected chi connectivity index (χ3v) is 4.39. The highest BCUT2D eigenvalue weighted by atomic mass is 16.2. The van der Waals surface area contributed by atoms with Crippen LogP contribution in [0.2, 0.25) is 0 Å². The molecule has 0 bridgehead atoms. The number of carbonyl (C=O) groups excluding carboxylic acids is 1. The Morgan fingerprint density at radius 3 is 2.32 bits per heavy atom. The highest BCUT2D eigenvalue weighted by Crippen LogP contribution is 2.24. The quantitative estimate of drug-likeness (QED) is 0.629. The van der Waals surface area contributed by atoms with E-state index in [1.165, 1.54) is 25.7 Å². The van der Waals surface area contributed by atoms with Crippen molar-refractivity contribution in [3.05, 3.63) is 0 Å². The molecular weight excluding hydrogens is 238 g/mol. The molecule has 1 unspecified atom stereocenters. The van der Waals surface area contributed by atoms with E-state index in [1.807, 2.05) is 11.8 Å². The average Bonchev–Trinajstić information content (AvgIpc) is 2.48. The first kappa shape index (κ1) is 14.4. The number of nitrogens with zero attached hydrogens (tertiary/aromatic N) is 2. The average molecular weight is 265 g/mol. The van der Waals surface area contributed by atoms with Gasteiger partial charge in [0.05, 0.1) is 5.84 Å². The zero-order valence-electron chi connectivity index (χ0n) is 12.1. The molecule has 1 amide bonds. The third kappa shape index (κ3) is 3.95. The van der Waals surface area contributed by atoms with Gasteiger partial charge in [-0.25, -0.2) is 0 Å². The molecule has 2 fully saturated rings. The van der Waals surface area contributed by atoms with Gasteiger partial charge in [0.2, 0.25) is 5.91 Å². The topological polar surface area (TPSA) is 58.7 Å². The van der Waals surface area contributed by atoms with E-state index in [2.05, 4.69) is 4.99 Å². The summed E-state index contributed by atoms with van der Waals surface area (Å²) in [4.78, 5) is 18.7. The summed E-state index contributed by atoms with van der Waals surface area (Å²) in [5, 5.41) is 0. The Hall–Kier alpha value is -1.06. The summed E-state index contributed by atoms with van der Waals surface area (Å²) >= 11 is 0. The molecule has 2 rings (SSSR count). The maximum atomic E-state index is 12.3. The molecule has 0 aromatic carbocycles. The van der Waals surface area contributed by atoms with Crippen LogP contribution in [0.25, 0.3) is 0 Å². The maximum absolute atomic E-state index is 12.3. The van der Waals surface area contributed by atoms with Gasteiger partial charge < -0.3 is 10.6 Å². The van der Waals surface area contributed by atoms with Gasteiger partial charge in [-0.05, 0) is 39.0 Å². The summed E-state index contributed by atoms with van der Waals surface area (Å²) < 4.78 is 0. The fraction of sp³-hybridized carbons (Fsp3) is 0.867. The lowest BCUT2D eigenvalue weighted by molar-refractivity contribution is -0.133. The second-order valence-corrected chi connectivity index (χ2v) is 5.95. The van der Waals surface area contributed by atoms with Crippen LogP contribution in [0.4, 0.5) is 0 Å². The molecule has 0 radical (unpaired) electrons. The van der Waals surface area contributed by atoms with Crippen LogP contribution >= 0.6 is 0 Å². The number of piperidine rings is 1. The number of likely N-dealkylation sites (tertiary alicyclic amines) is 1. The van der Waals surface area contributed by atoms with Crippen molar-refractivity contribution >= 4 is 11.7 Å². The number of hydrogen-bond acceptors (Lipinski definition) is 2. The summed E-state index contributed by atoms with van der Waals surface area (Å²) in [5.41, 5.74) is 6.10. The molecule has 1 atom stereocenters. The van der Waals surface area contributed by atoms with Crippen LogP contribution in [-0.4, -0.2) is 35.8 Å². The molecule has 2 aliphatic rings. The second kappa shape index (κ2) is 6.92. The van der Waals surface area contributed by atoms with E-state index in [0.717, 1.165) is 38.8 Å². The molecule has 0 spiro atoms. The maximum Gasteiger partial charge on any atom is 0.247 e. The normalized spacial score (nSPS) is 24.3. The summed E-state index contributed by atoms with van der Waals surface area (Å²) in [6, 6.07) is -0.306. The van der Waals surface area contributed by atoms with E-state index in [-0.39, 0.29) is 11.9 Å². The third-order valence-electron chi connectivity index (χ3n) is 4.39. The molecule has 1 saturated carbocycles. The molecule has 108 valence electrons. The number of hydrogen-bond donors (Lipinski definition) is 1. The van der Waals surface area contributed by atoms with Crippen molar-refractivity contribution < 1.29 is 4.79 Å². The Labute approximate surface area is 116 Å². The van der Waals surface area contributed by atoms with Gasteiger partial charge in [0, 0.05) is 19.0 Å². The lowest BCUT2D eigenvalue weighted by atomic mass is 9.88. The van der Waals surface area contributed by atoms with Crippen molar-refractivity contribution in [2.24, 2.45) is 16.6 Å². The predicted molar refractivity (Wildman–Crippen MR) is 78.1 cm³/mol. The van der Waals surface area contributed by atoms with Crippen molar-refractivity contribution in [1.29, 1.82) is 0 Å². The van der Waals surface area contributed by atoms with Gasteiger partial charge in [0.15, 0.2) is 0 Å². The first-order valence-electron chi connectivity index (χ1n) is 7.80. The van der Waals surface area contributed by atoms with Gasteiger partial charge in [-0.2, -0.15) is 0 Å². The van der Waals surface area contributed by atoms with E-state index in [4.69, 9.17) is 5.73 Å². The minimum atomic E-state index is -0.306. The SMILES string of the molecule is CC(N=C(N)C1CCCCC1)C(=O)N1CCCCC1. The Kier molecular flexibility index (Phi) is 5.23. The van der Waals surface area contributed by atoms with E-state index < -0.39 is 0 Å². The van der Waals surface area contributed by atoms with Crippen molar-refractivity contribution in [1.82, 2.24) is 4.90 Å². The van der Waals surface area contributed by atoms with Crippen LogP contribution in [0.3, 0.4) is 0 Å². The van der Waals surface area contributed by atoms with Gasteiger partial charge in [-0.1, -0.05) is 19.3 Å². The number of amides is 1. The first-order valence-corrected chi connectivity index (χ1v) is 7.80. The lowest BCUT2D eigenvalue weighted by Gasteiger charge is -2.28. The van der Waals surface area contributed by atoms with Crippen molar-refractivity contribution in [2.75, 3.05) is 13.1 Å². The van der Waals surface area contributed by atoms with Crippen LogP contribution < -0.4 is 5.73 Å². The van der Waals surface area contributed by atoms with Crippen molar-refractivity contribution in [2.45, 2.75) is 64.3 Å². The minimum absolute atomic E-state index is 0.151. The minimum Gasteiger partial charge on any atom is -0.387 e. The summed E-state index contributed by atoms with van der Waals surface area (Å²) in [6.45, 7) is 3.66. The monoisotopic (exact) mass is 265 g/mol. The molecule has 1 heterocycles. The molecule has 0 aromatic heterocycles. The molecular formula is C15H27N3O. The smallest absolute Gasteiger partial charge is 0.247 e. The molecule has 1 saturated heterocycles. The predicted octanol–water partition coefficient (Wildman–Crippen LogP) is 2.32. The molecule has 1 aliphatic carbocycles. The van der Waals surface area contributed by atoms with E-state index in [9.17, 15) is 4.79 Å². The standard InChI is InChI=1S/C15H27N3O/c1-12(15(19)18-10-6-3-7-11-18)17-14(16)13-8-4-2-5-9-13/h12-13H,2-11H2,1H3,(H2,16,17). The fourth-order valence-corrected chi connectivity index (χ4v) is 3.16. The largest absolute Gasteiger partial charge is 0.387 e. The zero-order valence-corrected chi connectivity index (χ0v) is 12.1. The van der Waals surface area contributed by atoms with Crippen LogP contribution in [0.5, 0.6) is 0 Å². The Bertz CT molecular complexity index is 328. The second-order valence-electron chi connectivity index (χ2n) is 5.95. The van der Waals surface area contributed by atoms with Gasteiger partial charge in [0.1, 0.15) is 6.04 Å². The van der Waals surface area contributed by atoms with Crippen molar-refractivity contribution in [3.63, 3.8) is 0 Å². The Morgan fingerprint density at radius 1 is 1.11 bits per heavy atom. The van der Waals surface area contributed by atoms with Gasteiger partial charge in [-0.15, -0.1) is 0 Å². The van der Waals surface area contributed by atoms with Crippen LogP contribution in [-0.2, 0) is 4.79 Å². The number of nitrogens with two attached hydrogens (primary N) is 1. The number of amidine groups is 1. The lowest BCUT2D eigenvalue weighted by Crippen LogP contribution is -2.41. The number of aliphatic imine (C=N–C) groups is 1. The molecule has 2 N–H and O–H groups in total. The summed E-state index contributed by atoms with van der Waals surface area (Å²) in [5.74, 6) is 1.27. The van der Waals surface area contributed by atoms with Crippen LogP contribution in [0, 0.1) is 5.92 Å². The van der Waals surface area contributed by atoms with Crippen molar-refractivity contribution in [3.8, 4) is 0 Å². The summed E-state index contributed by atoms with van der Waals surface area (Å²) in [7, 11) is 0. The van der Waals surface area contributed by atoms with Gasteiger partial charge in [-0.3, -0.25) is 9.79 Å². The molecule has 19 heavy (non-hydrogen) atoms. The number of carbonyl (C=O) groups is 1. The highest BCUT2D eigenvalue weighted by Gasteiger charge is 2.23. The molecule has 4 heteroatoms.